The van der Waals surface area contributed by atoms with E-state index in [0.29, 0.717) is 5.41 Å². The van der Waals surface area contributed by atoms with Crippen molar-refractivity contribution in [1.29, 1.82) is 0 Å². The largest absolute Gasteiger partial charge is 0.490 e. The Kier molecular flexibility index (Phi) is 5.26. The molecule has 0 saturated heterocycles. The van der Waals surface area contributed by atoms with E-state index in [-0.39, 0.29) is 0 Å². The van der Waals surface area contributed by atoms with Crippen LogP contribution in [-0.2, 0) is 0 Å². The van der Waals surface area contributed by atoms with Crippen LogP contribution in [0.5, 0.6) is 5.75 Å². The zero-order chi connectivity index (χ0) is 12.7. The molecule has 0 saturated carbocycles. The number of nitrogens with one attached hydrogen (secondary N) is 1. The summed E-state index contributed by atoms with van der Waals surface area (Å²) in [6.45, 7) is 10.5. The van der Waals surface area contributed by atoms with Crippen molar-refractivity contribution in [3.05, 3.63) is 18.3 Å². The van der Waals surface area contributed by atoms with Gasteiger partial charge in [-0.3, -0.25) is 0 Å². The first-order chi connectivity index (χ1) is 8.03. The lowest BCUT2D eigenvalue weighted by Crippen LogP contribution is -2.14. The molecule has 0 spiro atoms. The SMILES string of the molecule is CCCOc1cccnc1NCCC(C)(C)C. The molecule has 17 heavy (non-hydrogen) atoms. The van der Waals surface area contributed by atoms with Crippen molar-refractivity contribution < 1.29 is 4.74 Å². The van der Waals surface area contributed by atoms with Gasteiger partial charge in [0.25, 0.3) is 0 Å². The van der Waals surface area contributed by atoms with Crippen LogP contribution < -0.4 is 10.1 Å². The maximum atomic E-state index is 5.64. The van der Waals surface area contributed by atoms with Crippen molar-refractivity contribution in [3.63, 3.8) is 0 Å². The average Bonchev–Trinajstić information content (AvgIpc) is 2.26. The van der Waals surface area contributed by atoms with Gasteiger partial charge in [0.2, 0.25) is 0 Å². The van der Waals surface area contributed by atoms with E-state index in [4.69, 9.17) is 4.74 Å². The number of aromatic nitrogens is 1. The number of pyridine rings is 1. The number of rotatable bonds is 6. The molecule has 1 rings (SSSR count). The zero-order valence-electron chi connectivity index (χ0n) is 11.4. The standard InChI is InChI=1S/C14H24N2O/c1-5-11-17-12-7-6-9-15-13(12)16-10-8-14(2,3)4/h6-7,9H,5,8,10-11H2,1-4H3,(H,15,16). The second-order valence-corrected chi connectivity index (χ2v) is 5.44. The van der Waals surface area contributed by atoms with Crippen LogP contribution >= 0.6 is 0 Å². The Morgan fingerprint density at radius 2 is 2.12 bits per heavy atom. The predicted molar refractivity (Wildman–Crippen MR) is 72.6 cm³/mol. The summed E-state index contributed by atoms with van der Waals surface area (Å²) in [5.41, 5.74) is 0.340. The Hall–Kier alpha value is -1.25. The maximum Gasteiger partial charge on any atom is 0.168 e. The second-order valence-electron chi connectivity index (χ2n) is 5.44. The Morgan fingerprint density at radius 3 is 2.76 bits per heavy atom. The smallest absolute Gasteiger partial charge is 0.168 e. The van der Waals surface area contributed by atoms with Crippen LogP contribution in [0.1, 0.15) is 40.5 Å². The van der Waals surface area contributed by atoms with Crippen molar-refractivity contribution >= 4 is 5.82 Å². The summed E-state index contributed by atoms with van der Waals surface area (Å²) < 4.78 is 5.64. The Balaban J connectivity index is 2.51. The van der Waals surface area contributed by atoms with Gasteiger partial charge in [-0.2, -0.15) is 0 Å². The monoisotopic (exact) mass is 236 g/mol. The number of hydrogen-bond acceptors (Lipinski definition) is 3. The van der Waals surface area contributed by atoms with Gasteiger partial charge in [-0.1, -0.05) is 27.7 Å². The second kappa shape index (κ2) is 6.48. The molecule has 96 valence electrons. The van der Waals surface area contributed by atoms with Gasteiger partial charge in [-0.25, -0.2) is 4.98 Å². The van der Waals surface area contributed by atoms with E-state index in [0.717, 1.165) is 37.6 Å². The summed E-state index contributed by atoms with van der Waals surface area (Å²) in [7, 11) is 0. The van der Waals surface area contributed by atoms with Crippen molar-refractivity contribution in [2.75, 3.05) is 18.5 Å². The fraction of sp³-hybridized carbons (Fsp3) is 0.643. The van der Waals surface area contributed by atoms with Gasteiger partial charge in [-0.15, -0.1) is 0 Å². The van der Waals surface area contributed by atoms with Crippen LogP contribution in [-0.4, -0.2) is 18.1 Å². The number of ether oxygens (including phenoxy) is 1. The molecule has 1 aromatic heterocycles. The van der Waals surface area contributed by atoms with E-state index in [2.05, 4.69) is 38.0 Å². The summed E-state index contributed by atoms with van der Waals surface area (Å²) in [5.74, 6) is 1.70. The highest BCUT2D eigenvalue weighted by Crippen LogP contribution is 2.23. The van der Waals surface area contributed by atoms with Gasteiger partial charge >= 0.3 is 0 Å². The molecule has 3 nitrogen and oxygen atoms in total. The van der Waals surface area contributed by atoms with Crippen molar-refractivity contribution in [3.8, 4) is 5.75 Å². The molecule has 0 radical (unpaired) electrons. The van der Waals surface area contributed by atoms with Crippen molar-refractivity contribution in [2.45, 2.75) is 40.5 Å². The summed E-state index contributed by atoms with van der Waals surface area (Å²) in [6.07, 6.45) is 3.91. The maximum absolute atomic E-state index is 5.64. The molecule has 0 atom stereocenters. The van der Waals surface area contributed by atoms with Crippen LogP contribution in [0.15, 0.2) is 18.3 Å². The van der Waals surface area contributed by atoms with Crippen LogP contribution in [0, 0.1) is 5.41 Å². The van der Waals surface area contributed by atoms with Crippen LogP contribution in [0.4, 0.5) is 5.82 Å². The highest BCUT2D eigenvalue weighted by Gasteiger charge is 2.10. The first-order valence-corrected chi connectivity index (χ1v) is 6.34. The summed E-state index contributed by atoms with van der Waals surface area (Å²) in [6, 6.07) is 3.86. The Morgan fingerprint density at radius 1 is 1.35 bits per heavy atom. The fourth-order valence-corrected chi connectivity index (χ4v) is 1.41. The molecule has 1 heterocycles. The lowest BCUT2D eigenvalue weighted by molar-refractivity contribution is 0.317. The molecule has 0 aliphatic rings. The highest BCUT2D eigenvalue weighted by atomic mass is 16.5. The van der Waals surface area contributed by atoms with Crippen molar-refractivity contribution in [1.82, 2.24) is 4.98 Å². The third-order valence-corrected chi connectivity index (χ3v) is 2.40. The van der Waals surface area contributed by atoms with Gasteiger partial charge < -0.3 is 10.1 Å². The minimum Gasteiger partial charge on any atom is -0.490 e. The average molecular weight is 236 g/mol. The van der Waals surface area contributed by atoms with Gasteiger partial charge in [0.15, 0.2) is 11.6 Å². The molecule has 1 aromatic rings. The molecule has 0 aromatic carbocycles. The highest BCUT2D eigenvalue weighted by molar-refractivity contribution is 5.49. The normalized spacial score (nSPS) is 11.3. The molecule has 3 heteroatoms. The van der Waals surface area contributed by atoms with E-state index in [1.807, 2.05) is 12.1 Å². The van der Waals surface area contributed by atoms with Crippen LogP contribution in [0.2, 0.25) is 0 Å². The molecule has 1 N–H and O–H groups in total. The summed E-state index contributed by atoms with van der Waals surface area (Å²) in [5, 5.41) is 3.34. The molecule has 0 fully saturated rings. The van der Waals surface area contributed by atoms with Crippen LogP contribution in [0.25, 0.3) is 0 Å². The summed E-state index contributed by atoms with van der Waals surface area (Å²) in [4.78, 5) is 4.32. The van der Waals surface area contributed by atoms with Crippen LogP contribution in [0.3, 0.4) is 0 Å². The Labute approximate surface area is 105 Å². The minimum absolute atomic E-state index is 0.340. The topological polar surface area (TPSA) is 34.1 Å². The van der Waals surface area contributed by atoms with E-state index < -0.39 is 0 Å². The lowest BCUT2D eigenvalue weighted by Gasteiger charge is -2.19. The van der Waals surface area contributed by atoms with Gasteiger partial charge in [0.1, 0.15) is 0 Å². The number of hydrogen-bond donors (Lipinski definition) is 1. The number of anilines is 1. The van der Waals surface area contributed by atoms with Gasteiger partial charge in [-0.05, 0) is 30.4 Å². The van der Waals surface area contributed by atoms with E-state index in [1.54, 1.807) is 6.20 Å². The van der Waals surface area contributed by atoms with E-state index in [1.165, 1.54) is 0 Å². The zero-order valence-corrected chi connectivity index (χ0v) is 11.4. The first kappa shape index (κ1) is 13.8. The van der Waals surface area contributed by atoms with E-state index >= 15 is 0 Å². The van der Waals surface area contributed by atoms with E-state index in [9.17, 15) is 0 Å². The lowest BCUT2D eigenvalue weighted by atomic mass is 9.92. The third-order valence-electron chi connectivity index (χ3n) is 2.40. The molecule has 0 amide bonds. The first-order valence-electron chi connectivity index (χ1n) is 6.34. The quantitative estimate of drug-likeness (QED) is 0.817. The molecule has 0 unspecified atom stereocenters. The third kappa shape index (κ3) is 5.57. The predicted octanol–water partition coefficient (Wildman–Crippen LogP) is 3.72. The molecule has 0 aliphatic heterocycles. The molecular formula is C14H24N2O. The fourth-order valence-electron chi connectivity index (χ4n) is 1.41. The molecular weight excluding hydrogens is 212 g/mol. The van der Waals surface area contributed by atoms with Gasteiger partial charge in [0.05, 0.1) is 6.61 Å². The van der Waals surface area contributed by atoms with Crippen molar-refractivity contribution in [2.24, 2.45) is 5.41 Å². The number of nitrogens with zero attached hydrogens (tertiary/aromatic N) is 1. The Bertz CT molecular complexity index is 331. The van der Waals surface area contributed by atoms with Gasteiger partial charge in [0, 0.05) is 12.7 Å². The molecule has 0 aliphatic carbocycles. The minimum atomic E-state index is 0.340. The molecule has 0 bridgehead atoms. The summed E-state index contributed by atoms with van der Waals surface area (Å²) >= 11 is 0.